The van der Waals surface area contributed by atoms with Gasteiger partial charge in [-0.05, 0) is 43.2 Å². The Morgan fingerprint density at radius 1 is 1.00 bits per heavy atom. The van der Waals surface area contributed by atoms with Crippen molar-refractivity contribution < 1.29 is 8.42 Å². The predicted molar refractivity (Wildman–Crippen MR) is 104 cm³/mol. The van der Waals surface area contributed by atoms with E-state index in [1.165, 1.54) is 0 Å². The molecule has 0 amide bonds. The molecule has 0 bridgehead atoms. The smallest absolute Gasteiger partial charge is 0.267 e. The molecule has 7 heteroatoms. The van der Waals surface area contributed by atoms with Gasteiger partial charge < -0.3 is 0 Å². The number of hydrogen-bond acceptors (Lipinski definition) is 4. The standard InChI is InChI=1S/C20H21N3O3S/c1-14-4-3-5-17(10-14)13-21-27(25,26)19-8-6-16(7-9-19)12-18-11-15(2)22-23-20(18)24/h3-11,21H,12-13H2,1-2H3,(H,23,24). The molecule has 2 aromatic carbocycles. The molecule has 0 aliphatic rings. The number of sulfonamides is 1. The van der Waals surface area contributed by atoms with Gasteiger partial charge in [-0.1, -0.05) is 42.0 Å². The van der Waals surface area contributed by atoms with Gasteiger partial charge in [-0.15, -0.1) is 0 Å². The van der Waals surface area contributed by atoms with E-state index in [1.807, 2.05) is 31.2 Å². The molecule has 0 saturated carbocycles. The minimum absolute atomic E-state index is 0.193. The Morgan fingerprint density at radius 3 is 2.44 bits per heavy atom. The summed E-state index contributed by atoms with van der Waals surface area (Å²) in [5, 5.41) is 6.30. The van der Waals surface area contributed by atoms with Crippen molar-refractivity contribution in [2.75, 3.05) is 0 Å². The van der Waals surface area contributed by atoms with Gasteiger partial charge in [-0.25, -0.2) is 18.2 Å². The van der Waals surface area contributed by atoms with Gasteiger partial charge >= 0.3 is 0 Å². The zero-order valence-corrected chi connectivity index (χ0v) is 16.0. The van der Waals surface area contributed by atoms with Crippen molar-refractivity contribution in [3.05, 3.63) is 92.9 Å². The van der Waals surface area contributed by atoms with E-state index in [4.69, 9.17) is 0 Å². The maximum Gasteiger partial charge on any atom is 0.267 e. The molecule has 3 rings (SSSR count). The van der Waals surface area contributed by atoms with E-state index in [0.717, 1.165) is 22.4 Å². The van der Waals surface area contributed by atoms with Crippen molar-refractivity contribution in [3.63, 3.8) is 0 Å². The van der Waals surface area contributed by atoms with Crippen molar-refractivity contribution in [3.8, 4) is 0 Å². The first-order valence-corrected chi connectivity index (χ1v) is 10.0. The fourth-order valence-electron chi connectivity index (χ4n) is 2.78. The SMILES string of the molecule is Cc1cccc(CNS(=O)(=O)c2ccc(Cc3cc(C)n[nH]c3=O)cc2)c1. The van der Waals surface area contributed by atoms with Gasteiger partial charge in [0.05, 0.1) is 10.6 Å². The molecular formula is C20H21N3O3S. The van der Waals surface area contributed by atoms with E-state index in [1.54, 1.807) is 37.3 Å². The van der Waals surface area contributed by atoms with Crippen molar-refractivity contribution >= 4 is 10.0 Å². The summed E-state index contributed by atoms with van der Waals surface area (Å²) < 4.78 is 27.6. The van der Waals surface area contributed by atoms with Crippen molar-refractivity contribution in [2.24, 2.45) is 0 Å². The Morgan fingerprint density at radius 2 is 1.74 bits per heavy atom. The minimum atomic E-state index is -3.60. The first kappa shape index (κ1) is 19.0. The van der Waals surface area contributed by atoms with Crippen LogP contribution >= 0.6 is 0 Å². The molecule has 3 aromatic rings. The van der Waals surface area contributed by atoms with Crippen LogP contribution in [0.4, 0.5) is 0 Å². The van der Waals surface area contributed by atoms with Gasteiger partial charge in [0.15, 0.2) is 0 Å². The lowest BCUT2D eigenvalue weighted by atomic mass is 10.1. The monoisotopic (exact) mass is 383 g/mol. The van der Waals surface area contributed by atoms with Crippen molar-refractivity contribution in [1.82, 2.24) is 14.9 Å². The Hall–Kier alpha value is -2.77. The Balaban J connectivity index is 1.72. The lowest BCUT2D eigenvalue weighted by molar-refractivity contribution is 0.581. The molecule has 27 heavy (non-hydrogen) atoms. The minimum Gasteiger partial charge on any atom is -0.268 e. The van der Waals surface area contributed by atoms with Crippen LogP contribution in [0.2, 0.25) is 0 Å². The molecule has 0 spiro atoms. The number of nitrogens with one attached hydrogen (secondary N) is 2. The zero-order valence-electron chi connectivity index (χ0n) is 15.2. The number of aromatic nitrogens is 2. The third-order valence-electron chi connectivity index (χ3n) is 4.19. The lowest BCUT2D eigenvalue weighted by Gasteiger charge is -2.08. The second-order valence-electron chi connectivity index (χ2n) is 6.50. The molecule has 1 aromatic heterocycles. The molecule has 0 atom stereocenters. The van der Waals surface area contributed by atoms with Crippen LogP contribution in [0.3, 0.4) is 0 Å². The number of rotatable bonds is 6. The molecular weight excluding hydrogens is 362 g/mol. The molecule has 0 radical (unpaired) electrons. The van der Waals surface area contributed by atoms with Crippen LogP contribution in [0.25, 0.3) is 0 Å². The molecule has 0 saturated heterocycles. The number of H-pyrrole nitrogens is 1. The number of benzene rings is 2. The van der Waals surface area contributed by atoms with Crippen molar-refractivity contribution in [2.45, 2.75) is 31.7 Å². The second kappa shape index (κ2) is 7.85. The summed E-state index contributed by atoms with van der Waals surface area (Å²) in [7, 11) is -3.60. The Bertz CT molecular complexity index is 1100. The number of aryl methyl sites for hydroxylation is 2. The average molecular weight is 383 g/mol. The molecule has 0 aliphatic heterocycles. The highest BCUT2D eigenvalue weighted by molar-refractivity contribution is 7.89. The summed E-state index contributed by atoms with van der Waals surface area (Å²) in [5.41, 5.74) is 3.92. The second-order valence-corrected chi connectivity index (χ2v) is 8.26. The van der Waals surface area contributed by atoms with E-state index in [9.17, 15) is 13.2 Å². The van der Waals surface area contributed by atoms with E-state index < -0.39 is 10.0 Å². The third kappa shape index (κ3) is 4.90. The third-order valence-corrected chi connectivity index (χ3v) is 5.60. The fourth-order valence-corrected chi connectivity index (χ4v) is 3.80. The first-order chi connectivity index (χ1) is 12.8. The summed E-state index contributed by atoms with van der Waals surface area (Å²) in [6.07, 6.45) is 0.412. The van der Waals surface area contributed by atoms with Crippen LogP contribution in [-0.4, -0.2) is 18.6 Å². The topological polar surface area (TPSA) is 91.9 Å². The number of aromatic amines is 1. The van der Waals surface area contributed by atoms with E-state index in [-0.39, 0.29) is 17.0 Å². The normalized spacial score (nSPS) is 11.5. The van der Waals surface area contributed by atoms with Gasteiger partial charge in [-0.2, -0.15) is 5.10 Å². The fraction of sp³-hybridized carbons (Fsp3) is 0.200. The maximum atomic E-state index is 12.5. The summed E-state index contributed by atoms with van der Waals surface area (Å²) in [6, 6.07) is 16.0. The highest BCUT2D eigenvalue weighted by Crippen LogP contribution is 2.14. The van der Waals surface area contributed by atoms with E-state index in [2.05, 4.69) is 14.9 Å². The number of nitrogens with zero attached hydrogens (tertiary/aromatic N) is 1. The van der Waals surface area contributed by atoms with Crippen LogP contribution in [0.1, 0.15) is 27.9 Å². The summed E-state index contributed by atoms with van der Waals surface area (Å²) in [6.45, 7) is 4.00. The van der Waals surface area contributed by atoms with E-state index in [0.29, 0.717) is 12.0 Å². The predicted octanol–water partition coefficient (Wildman–Crippen LogP) is 2.46. The molecule has 140 valence electrons. The number of hydrogen-bond donors (Lipinski definition) is 2. The average Bonchev–Trinajstić information content (AvgIpc) is 2.64. The van der Waals surface area contributed by atoms with Crippen molar-refractivity contribution in [1.29, 1.82) is 0 Å². The summed E-state index contributed by atoms with van der Waals surface area (Å²) in [5.74, 6) is 0. The van der Waals surface area contributed by atoms with Gasteiger partial charge in [-0.3, -0.25) is 4.79 Å². The highest BCUT2D eigenvalue weighted by atomic mass is 32.2. The van der Waals surface area contributed by atoms with Crippen LogP contribution in [0.5, 0.6) is 0 Å². The Kier molecular flexibility index (Phi) is 5.53. The molecule has 0 aliphatic carbocycles. The van der Waals surface area contributed by atoms with Crippen LogP contribution in [0.15, 0.2) is 64.3 Å². The van der Waals surface area contributed by atoms with Gasteiger partial charge in [0.2, 0.25) is 10.0 Å². The Labute approximate surface area is 158 Å². The van der Waals surface area contributed by atoms with Gasteiger partial charge in [0.25, 0.3) is 5.56 Å². The molecule has 6 nitrogen and oxygen atoms in total. The van der Waals surface area contributed by atoms with Crippen LogP contribution < -0.4 is 10.3 Å². The molecule has 2 N–H and O–H groups in total. The van der Waals surface area contributed by atoms with Crippen LogP contribution in [-0.2, 0) is 23.0 Å². The zero-order chi connectivity index (χ0) is 19.4. The molecule has 1 heterocycles. The van der Waals surface area contributed by atoms with Gasteiger partial charge in [0.1, 0.15) is 0 Å². The highest BCUT2D eigenvalue weighted by Gasteiger charge is 2.14. The van der Waals surface area contributed by atoms with Crippen LogP contribution in [0, 0.1) is 13.8 Å². The molecule has 0 fully saturated rings. The quantitative estimate of drug-likeness (QED) is 0.684. The maximum absolute atomic E-state index is 12.5. The largest absolute Gasteiger partial charge is 0.268 e. The van der Waals surface area contributed by atoms with Gasteiger partial charge in [0, 0.05) is 18.5 Å². The molecule has 0 unspecified atom stereocenters. The summed E-state index contributed by atoms with van der Waals surface area (Å²) in [4.78, 5) is 12.0. The summed E-state index contributed by atoms with van der Waals surface area (Å²) >= 11 is 0. The van der Waals surface area contributed by atoms with E-state index >= 15 is 0 Å². The first-order valence-electron chi connectivity index (χ1n) is 8.53. The lowest BCUT2D eigenvalue weighted by Crippen LogP contribution is -2.23.